The summed E-state index contributed by atoms with van der Waals surface area (Å²) in [5.41, 5.74) is 8.17. The Balaban J connectivity index is 0.000000226. The first-order chi connectivity index (χ1) is 18.5. The van der Waals surface area contributed by atoms with Crippen LogP contribution in [0, 0.1) is 0 Å². The summed E-state index contributed by atoms with van der Waals surface area (Å²) in [6.07, 6.45) is 4.88. The summed E-state index contributed by atoms with van der Waals surface area (Å²) in [6.45, 7) is 2.31. The fraction of sp³-hybridized carbons (Fsp3) is 0.258. The van der Waals surface area contributed by atoms with E-state index < -0.39 is 11.4 Å². The van der Waals surface area contributed by atoms with Crippen molar-refractivity contribution in [2.45, 2.75) is 44.1 Å². The van der Waals surface area contributed by atoms with Crippen molar-refractivity contribution < 1.29 is 24.0 Å². The maximum atomic E-state index is 11.6. The lowest BCUT2D eigenvalue weighted by Crippen LogP contribution is -2.20. The van der Waals surface area contributed by atoms with E-state index in [4.69, 9.17) is 9.26 Å². The molecule has 0 bridgehead atoms. The number of nitrogens with zero attached hydrogens (tertiary/aromatic N) is 1. The molecule has 0 amide bonds. The van der Waals surface area contributed by atoms with Crippen molar-refractivity contribution >= 4 is 18.1 Å². The molecule has 0 radical (unpaired) electrons. The first-order valence-corrected chi connectivity index (χ1v) is 12.7. The van der Waals surface area contributed by atoms with Gasteiger partial charge in [-0.2, -0.15) is 0 Å². The van der Waals surface area contributed by atoms with E-state index in [9.17, 15) is 14.7 Å². The van der Waals surface area contributed by atoms with Gasteiger partial charge in [-0.1, -0.05) is 65.8 Å². The average Bonchev–Trinajstić information content (AvgIpc) is 3.64. The zero-order valence-corrected chi connectivity index (χ0v) is 21.4. The summed E-state index contributed by atoms with van der Waals surface area (Å²) in [5.74, 6) is 0.0503. The Labute approximate surface area is 221 Å². The summed E-state index contributed by atoms with van der Waals surface area (Å²) in [4.78, 5) is 21.6. The van der Waals surface area contributed by atoms with E-state index in [1.807, 2.05) is 50.4 Å². The van der Waals surface area contributed by atoms with Crippen LogP contribution >= 0.6 is 0 Å². The normalized spacial score (nSPS) is 15.1. The Morgan fingerprint density at radius 3 is 2.37 bits per heavy atom. The van der Waals surface area contributed by atoms with Gasteiger partial charge in [0.15, 0.2) is 5.76 Å². The van der Waals surface area contributed by atoms with Gasteiger partial charge in [-0.3, -0.25) is 9.59 Å². The topological polar surface area (TPSA) is 102 Å². The highest BCUT2D eigenvalue weighted by molar-refractivity contribution is 5.86. The molecule has 2 aliphatic rings. The third-order valence-corrected chi connectivity index (χ3v) is 7.51. The molecule has 7 nitrogen and oxygen atoms in total. The van der Waals surface area contributed by atoms with E-state index in [1.54, 1.807) is 6.20 Å². The van der Waals surface area contributed by atoms with E-state index in [-0.39, 0.29) is 6.10 Å². The average molecular weight is 511 g/mol. The Morgan fingerprint density at radius 2 is 1.74 bits per heavy atom. The van der Waals surface area contributed by atoms with Crippen LogP contribution in [0.25, 0.3) is 22.5 Å². The molecule has 1 heterocycles. The molecule has 6 rings (SSSR count). The van der Waals surface area contributed by atoms with Crippen molar-refractivity contribution in [3.05, 3.63) is 95.2 Å². The number of hydrogen-bond donors (Lipinski definition) is 2. The molecule has 3 aromatic carbocycles. The van der Waals surface area contributed by atoms with Crippen molar-refractivity contribution in [2.24, 2.45) is 0 Å². The van der Waals surface area contributed by atoms with Crippen LogP contribution in [0.2, 0.25) is 0 Å². The second-order valence-electron chi connectivity index (χ2n) is 9.73. The Hall–Kier alpha value is -4.39. The molecule has 1 fully saturated rings. The van der Waals surface area contributed by atoms with Crippen LogP contribution in [-0.2, 0) is 32.6 Å². The van der Waals surface area contributed by atoms with Crippen molar-refractivity contribution in [3.63, 3.8) is 0 Å². The summed E-state index contributed by atoms with van der Waals surface area (Å²) in [6, 6.07) is 22.2. The van der Waals surface area contributed by atoms with Crippen LogP contribution in [0.1, 0.15) is 48.1 Å². The van der Waals surface area contributed by atoms with E-state index in [0.717, 1.165) is 53.8 Å². The lowest BCUT2D eigenvalue weighted by Gasteiger charge is -2.22. The molecule has 0 aliphatic heterocycles. The second kappa shape index (κ2) is 10.5. The predicted octanol–water partition coefficient (Wildman–Crippen LogP) is 6.19. The highest BCUT2D eigenvalue weighted by Gasteiger charge is 2.51. The molecule has 0 spiro atoms. The Kier molecular flexibility index (Phi) is 7.01. The summed E-state index contributed by atoms with van der Waals surface area (Å²) in [5, 5.41) is 16.5. The maximum absolute atomic E-state index is 11.6. The monoisotopic (exact) mass is 510 g/mol. The van der Waals surface area contributed by atoms with Crippen molar-refractivity contribution in [1.29, 1.82) is 0 Å². The van der Waals surface area contributed by atoms with E-state index in [1.165, 1.54) is 22.3 Å². The van der Waals surface area contributed by atoms with Gasteiger partial charge in [0.2, 0.25) is 0 Å². The van der Waals surface area contributed by atoms with Gasteiger partial charge >= 0.3 is 5.97 Å². The number of carboxylic acid groups (broad SMARTS) is 1. The number of ether oxygens (including phenoxy) is 1. The third kappa shape index (κ3) is 4.79. The molecule has 1 saturated carbocycles. The molecule has 2 aliphatic carbocycles. The van der Waals surface area contributed by atoms with Gasteiger partial charge in [-0.15, -0.1) is 0 Å². The number of hydrogen-bond acceptors (Lipinski definition) is 6. The van der Waals surface area contributed by atoms with Crippen LogP contribution in [0.4, 0.5) is 5.69 Å². The van der Waals surface area contributed by atoms with Crippen LogP contribution in [0.5, 0.6) is 0 Å². The zero-order chi connectivity index (χ0) is 26.7. The maximum Gasteiger partial charge on any atom is 0.314 e. The highest BCUT2D eigenvalue weighted by atomic mass is 16.5. The number of carboxylic acids is 1. The number of carbonyl (C=O) groups excluding carboxylic acids is 1. The number of carbonyl (C=O) groups is 2. The number of benzene rings is 3. The first-order valence-electron chi connectivity index (χ1n) is 12.7. The van der Waals surface area contributed by atoms with E-state index >= 15 is 0 Å². The summed E-state index contributed by atoms with van der Waals surface area (Å²) >= 11 is 0. The Morgan fingerprint density at radius 1 is 1.05 bits per heavy atom. The number of anilines is 1. The Bertz CT molecular complexity index is 1460. The molecular formula is C31H30N2O5. The molecule has 1 aromatic heterocycles. The number of aromatic nitrogens is 1. The third-order valence-electron chi connectivity index (χ3n) is 7.51. The van der Waals surface area contributed by atoms with Gasteiger partial charge in [0.1, 0.15) is 11.8 Å². The van der Waals surface area contributed by atoms with Crippen molar-refractivity contribution in [1.82, 2.24) is 5.16 Å². The van der Waals surface area contributed by atoms with Crippen LogP contribution < -0.4 is 5.32 Å². The SMILES string of the molecule is CC(OC=O)c1ccccc1.CNc1cnoc1-c1ccc2c(c1)CCc1cc(C3(C(=O)O)CC3)ccc1-2. The smallest absolute Gasteiger partial charge is 0.314 e. The predicted molar refractivity (Wildman–Crippen MR) is 145 cm³/mol. The van der Waals surface area contributed by atoms with Gasteiger partial charge in [0, 0.05) is 12.6 Å². The number of rotatable bonds is 7. The molecule has 38 heavy (non-hydrogen) atoms. The van der Waals surface area contributed by atoms with Gasteiger partial charge in [-0.05, 0) is 72.1 Å². The van der Waals surface area contributed by atoms with Crippen LogP contribution in [0.3, 0.4) is 0 Å². The minimum Gasteiger partial charge on any atom is -0.481 e. The molecule has 4 aromatic rings. The largest absolute Gasteiger partial charge is 0.481 e. The fourth-order valence-electron chi connectivity index (χ4n) is 5.10. The van der Waals surface area contributed by atoms with Gasteiger partial charge < -0.3 is 19.7 Å². The number of aryl methyl sites for hydroxylation is 2. The number of fused-ring (bicyclic) bond motifs is 3. The molecule has 194 valence electrons. The summed E-state index contributed by atoms with van der Waals surface area (Å²) < 4.78 is 10.2. The van der Waals surface area contributed by atoms with Crippen molar-refractivity contribution in [2.75, 3.05) is 12.4 Å². The molecule has 1 unspecified atom stereocenters. The second-order valence-corrected chi connectivity index (χ2v) is 9.73. The van der Waals surface area contributed by atoms with Gasteiger partial charge in [0.05, 0.1) is 11.6 Å². The first kappa shape index (κ1) is 25.3. The number of aliphatic carboxylic acids is 1. The minimum atomic E-state index is -0.698. The lowest BCUT2D eigenvalue weighted by molar-refractivity contribution is -0.140. The standard InChI is InChI=1S/C22H20N2O3.C9H10O2/c1-23-19-12-24-27-20(19)15-4-6-17-13(10-15)2-3-14-11-16(5-7-18(14)17)22(8-9-22)21(25)26;1-8(11-7-10)9-5-3-2-4-6-9/h4-7,10-12,23H,2-3,8-9H2,1H3,(H,25,26);2-8H,1H3. The fourth-order valence-corrected chi connectivity index (χ4v) is 5.10. The van der Waals surface area contributed by atoms with Crippen LogP contribution in [0.15, 0.2) is 77.4 Å². The molecule has 0 saturated heterocycles. The van der Waals surface area contributed by atoms with Crippen LogP contribution in [-0.4, -0.2) is 29.8 Å². The molecule has 1 atom stereocenters. The minimum absolute atomic E-state index is 0.145. The quantitative estimate of drug-likeness (QED) is 0.286. The zero-order valence-electron chi connectivity index (χ0n) is 21.4. The van der Waals surface area contributed by atoms with Gasteiger partial charge in [-0.25, -0.2) is 0 Å². The summed E-state index contributed by atoms with van der Waals surface area (Å²) in [7, 11) is 1.85. The van der Waals surface area contributed by atoms with E-state index in [2.05, 4.69) is 40.8 Å². The molecule has 2 N–H and O–H groups in total. The van der Waals surface area contributed by atoms with E-state index in [0.29, 0.717) is 6.47 Å². The molecule has 7 heteroatoms. The van der Waals surface area contributed by atoms with Gasteiger partial charge in [0.25, 0.3) is 6.47 Å². The lowest BCUT2D eigenvalue weighted by atomic mass is 9.82. The molecular weight excluding hydrogens is 480 g/mol. The van der Waals surface area contributed by atoms with Crippen molar-refractivity contribution in [3.8, 4) is 22.5 Å². The number of nitrogens with one attached hydrogen (secondary N) is 1. The highest BCUT2D eigenvalue weighted by Crippen LogP contribution is 2.50.